The maximum atomic E-state index is 5.45. The molecule has 0 radical (unpaired) electrons. The summed E-state index contributed by atoms with van der Waals surface area (Å²) >= 11 is 0. The first-order valence-electron chi connectivity index (χ1n) is 7.50. The van der Waals surface area contributed by atoms with Crippen LogP contribution in [0.25, 0.3) is 22.8 Å². The van der Waals surface area contributed by atoms with Crippen LogP contribution < -0.4 is 0 Å². The lowest BCUT2D eigenvalue weighted by atomic mass is 10.2. The molecule has 4 aromatic rings. The van der Waals surface area contributed by atoms with E-state index in [4.69, 9.17) is 4.52 Å². The highest BCUT2D eigenvalue weighted by atomic mass is 16.5. The second-order valence-corrected chi connectivity index (χ2v) is 5.27. The van der Waals surface area contributed by atoms with Gasteiger partial charge in [-0.2, -0.15) is 4.98 Å². The largest absolute Gasteiger partial charge is 0.337 e. The third-order valence-corrected chi connectivity index (χ3v) is 3.74. The second-order valence-electron chi connectivity index (χ2n) is 5.27. The zero-order valence-corrected chi connectivity index (χ0v) is 12.9. The molecule has 0 aromatic carbocycles. The Morgan fingerprint density at radius 3 is 2.67 bits per heavy atom. The van der Waals surface area contributed by atoms with Crippen LogP contribution in [0, 0.1) is 0 Å². The molecule has 1 atom stereocenters. The molecule has 4 rings (SSSR count). The minimum Gasteiger partial charge on any atom is -0.337 e. The number of imidazole rings is 1. The van der Waals surface area contributed by atoms with Gasteiger partial charge in [0.05, 0.1) is 0 Å². The molecule has 4 aromatic heterocycles. The molecule has 0 saturated heterocycles. The minimum absolute atomic E-state index is 0.145. The van der Waals surface area contributed by atoms with E-state index < -0.39 is 0 Å². The summed E-state index contributed by atoms with van der Waals surface area (Å²) in [6.07, 6.45) is 10.6. The molecular formula is C17H14N6O. The summed E-state index contributed by atoms with van der Waals surface area (Å²) in [5.41, 5.74) is 1.80. The molecule has 118 valence electrons. The molecule has 0 aliphatic carbocycles. The molecule has 0 unspecified atom stereocenters. The van der Waals surface area contributed by atoms with Crippen molar-refractivity contribution in [2.24, 2.45) is 0 Å². The van der Waals surface area contributed by atoms with E-state index >= 15 is 0 Å². The van der Waals surface area contributed by atoms with Gasteiger partial charge in [0.2, 0.25) is 11.7 Å². The Balaban J connectivity index is 1.67. The van der Waals surface area contributed by atoms with Crippen LogP contribution in [0.4, 0.5) is 0 Å². The first-order valence-corrected chi connectivity index (χ1v) is 7.50. The standard InChI is InChI=1S/C17H14N6O/c1-12(17-21-15(22-24-17)14-3-2-6-19-11-14)23-10-9-20-16(23)13-4-7-18-8-5-13/h2-12H,1H3/t12-/m0/s1. The molecule has 0 N–H and O–H groups in total. The van der Waals surface area contributed by atoms with Crippen molar-refractivity contribution in [3.63, 3.8) is 0 Å². The van der Waals surface area contributed by atoms with E-state index in [0.29, 0.717) is 11.7 Å². The maximum Gasteiger partial charge on any atom is 0.249 e. The van der Waals surface area contributed by atoms with Crippen molar-refractivity contribution in [1.29, 1.82) is 0 Å². The van der Waals surface area contributed by atoms with E-state index in [0.717, 1.165) is 17.0 Å². The zero-order chi connectivity index (χ0) is 16.4. The molecule has 7 nitrogen and oxygen atoms in total. The Hall–Kier alpha value is -3.35. The lowest BCUT2D eigenvalue weighted by Crippen LogP contribution is -2.08. The molecule has 0 saturated carbocycles. The van der Waals surface area contributed by atoms with Crippen molar-refractivity contribution < 1.29 is 4.52 Å². The van der Waals surface area contributed by atoms with E-state index in [9.17, 15) is 0 Å². The van der Waals surface area contributed by atoms with Gasteiger partial charge in [-0.1, -0.05) is 5.16 Å². The summed E-state index contributed by atoms with van der Waals surface area (Å²) in [7, 11) is 0. The van der Waals surface area contributed by atoms with Gasteiger partial charge in [0.15, 0.2) is 0 Å². The Labute approximate surface area is 138 Å². The van der Waals surface area contributed by atoms with Crippen LogP contribution in [0.5, 0.6) is 0 Å². The highest BCUT2D eigenvalue weighted by molar-refractivity contribution is 5.55. The number of aromatic nitrogens is 6. The molecule has 24 heavy (non-hydrogen) atoms. The average molecular weight is 318 g/mol. The lowest BCUT2D eigenvalue weighted by molar-refractivity contribution is 0.346. The molecule has 4 heterocycles. The van der Waals surface area contributed by atoms with Gasteiger partial charge in [0.1, 0.15) is 11.9 Å². The third-order valence-electron chi connectivity index (χ3n) is 3.74. The lowest BCUT2D eigenvalue weighted by Gasteiger charge is -2.12. The van der Waals surface area contributed by atoms with Crippen molar-refractivity contribution in [2.75, 3.05) is 0 Å². The van der Waals surface area contributed by atoms with Crippen molar-refractivity contribution in [3.8, 4) is 22.8 Å². The van der Waals surface area contributed by atoms with Gasteiger partial charge in [-0.05, 0) is 31.2 Å². The monoisotopic (exact) mass is 318 g/mol. The van der Waals surface area contributed by atoms with E-state index in [1.165, 1.54) is 0 Å². The average Bonchev–Trinajstić information content (AvgIpc) is 3.32. The van der Waals surface area contributed by atoms with Crippen molar-refractivity contribution >= 4 is 0 Å². The second kappa shape index (κ2) is 6.04. The van der Waals surface area contributed by atoms with E-state index in [1.807, 2.05) is 42.0 Å². The highest BCUT2D eigenvalue weighted by Gasteiger charge is 2.19. The van der Waals surface area contributed by atoms with Crippen LogP contribution in [0.3, 0.4) is 0 Å². The summed E-state index contributed by atoms with van der Waals surface area (Å²) in [5, 5.41) is 4.05. The zero-order valence-electron chi connectivity index (χ0n) is 12.9. The number of hydrogen-bond acceptors (Lipinski definition) is 6. The van der Waals surface area contributed by atoms with Crippen LogP contribution >= 0.6 is 0 Å². The van der Waals surface area contributed by atoms with Gasteiger partial charge in [0.25, 0.3) is 0 Å². The molecule has 0 aliphatic heterocycles. The normalized spacial score (nSPS) is 12.2. The summed E-state index contributed by atoms with van der Waals surface area (Å²) in [6.45, 7) is 1.99. The Morgan fingerprint density at radius 2 is 1.88 bits per heavy atom. The summed E-state index contributed by atoms with van der Waals surface area (Å²) in [4.78, 5) is 17.0. The van der Waals surface area contributed by atoms with Gasteiger partial charge in [-0.25, -0.2) is 4.98 Å². The fraction of sp³-hybridized carbons (Fsp3) is 0.118. The van der Waals surface area contributed by atoms with Crippen LogP contribution in [0.2, 0.25) is 0 Å². The third kappa shape index (κ3) is 2.56. The van der Waals surface area contributed by atoms with Gasteiger partial charge >= 0.3 is 0 Å². The van der Waals surface area contributed by atoms with Gasteiger partial charge in [-0.15, -0.1) is 0 Å². The van der Waals surface area contributed by atoms with Crippen LogP contribution in [0.15, 0.2) is 66.0 Å². The molecular weight excluding hydrogens is 304 g/mol. The summed E-state index contributed by atoms with van der Waals surface area (Å²) in [6, 6.07) is 7.42. The Bertz CT molecular complexity index is 932. The van der Waals surface area contributed by atoms with Crippen molar-refractivity contribution in [2.45, 2.75) is 13.0 Å². The minimum atomic E-state index is -0.145. The first-order chi connectivity index (χ1) is 11.8. The topological polar surface area (TPSA) is 82.5 Å². The van der Waals surface area contributed by atoms with Crippen LogP contribution in [-0.2, 0) is 0 Å². The van der Waals surface area contributed by atoms with Crippen LogP contribution in [0.1, 0.15) is 18.9 Å². The number of nitrogens with zero attached hydrogens (tertiary/aromatic N) is 6. The van der Waals surface area contributed by atoms with Gasteiger partial charge in [-0.3, -0.25) is 9.97 Å². The molecule has 0 bridgehead atoms. The van der Waals surface area contributed by atoms with Crippen LogP contribution in [-0.4, -0.2) is 29.7 Å². The molecule has 0 amide bonds. The van der Waals surface area contributed by atoms with Crippen molar-refractivity contribution in [1.82, 2.24) is 29.7 Å². The van der Waals surface area contributed by atoms with Gasteiger partial charge in [0, 0.05) is 48.3 Å². The summed E-state index contributed by atoms with van der Waals surface area (Å²) in [5.74, 6) is 1.86. The SMILES string of the molecule is C[C@@H](c1nc(-c2cccnc2)no1)n1ccnc1-c1ccncc1. The Kier molecular flexibility index (Phi) is 3.59. The van der Waals surface area contributed by atoms with E-state index in [-0.39, 0.29) is 6.04 Å². The maximum absolute atomic E-state index is 5.45. The van der Waals surface area contributed by atoms with E-state index in [1.54, 1.807) is 31.0 Å². The van der Waals surface area contributed by atoms with Crippen molar-refractivity contribution in [3.05, 3.63) is 67.3 Å². The molecule has 0 spiro atoms. The molecule has 0 aliphatic rings. The quantitative estimate of drug-likeness (QED) is 0.575. The number of rotatable bonds is 4. The predicted octanol–water partition coefficient (Wildman–Crippen LogP) is 3.00. The number of pyridine rings is 2. The highest BCUT2D eigenvalue weighted by Crippen LogP contribution is 2.25. The fourth-order valence-corrected chi connectivity index (χ4v) is 2.49. The smallest absolute Gasteiger partial charge is 0.249 e. The molecule has 7 heteroatoms. The predicted molar refractivity (Wildman–Crippen MR) is 86.8 cm³/mol. The summed E-state index contributed by atoms with van der Waals surface area (Å²) < 4.78 is 7.44. The fourth-order valence-electron chi connectivity index (χ4n) is 2.49. The first kappa shape index (κ1) is 14.3. The Morgan fingerprint density at radius 1 is 1.00 bits per heavy atom. The van der Waals surface area contributed by atoms with Gasteiger partial charge < -0.3 is 9.09 Å². The molecule has 0 fully saturated rings. The number of hydrogen-bond donors (Lipinski definition) is 0. The van der Waals surface area contributed by atoms with E-state index in [2.05, 4.69) is 25.1 Å².